The molecule has 0 N–H and O–H groups in total. The number of unbranched alkanes of at least 4 members (excludes halogenated alkanes) is 51. The highest BCUT2D eigenvalue weighted by atomic mass is 31.2. The number of esters is 2. The van der Waals surface area contributed by atoms with Gasteiger partial charge in [-0.3, -0.25) is 14.2 Å². The summed E-state index contributed by atoms with van der Waals surface area (Å²) in [5, 5.41) is 0. The van der Waals surface area contributed by atoms with Crippen molar-refractivity contribution in [1.82, 2.24) is 0 Å². The van der Waals surface area contributed by atoms with E-state index in [1.807, 2.05) is 21.1 Å². The van der Waals surface area contributed by atoms with Crippen molar-refractivity contribution in [2.24, 2.45) is 0 Å². The monoisotopic (exact) mass is 1110 g/mol. The third-order valence-electron chi connectivity index (χ3n) is 15.9. The van der Waals surface area contributed by atoms with Crippen molar-refractivity contribution in [3.63, 3.8) is 0 Å². The molecular weight excluding hydrogens is 978 g/mol. The Hall–Kier alpha value is -0.990. The Balaban J connectivity index is 3.91. The fraction of sp³-hybridized carbons (Fsp3) is 0.970. The van der Waals surface area contributed by atoms with Crippen molar-refractivity contribution in [3.05, 3.63) is 0 Å². The summed E-state index contributed by atoms with van der Waals surface area (Å²) < 4.78 is 34.3. The SMILES string of the molecule is CCCCCCCCCCCCCCCCCCCCCCCCCCCCCCCCCCCCCC(=O)OC(COC(=O)CCCCCCCCCCCCCCCCCCCC)COP(=O)([O-])OCC[N+](C)(C)C. The van der Waals surface area contributed by atoms with E-state index >= 15 is 0 Å². The van der Waals surface area contributed by atoms with Gasteiger partial charge in [0.2, 0.25) is 0 Å². The second kappa shape index (κ2) is 59.6. The fourth-order valence-electron chi connectivity index (χ4n) is 10.6. The molecule has 0 saturated carbocycles. The highest BCUT2D eigenvalue weighted by Crippen LogP contribution is 2.38. The molecule has 0 heterocycles. The topological polar surface area (TPSA) is 111 Å². The zero-order valence-electron chi connectivity index (χ0n) is 52.5. The van der Waals surface area contributed by atoms with E-state index in [2.05, 4.69) is 13.8 Å². The van der Waals surface area contributed by atoms with Crippen LogP contribution in [-0.4, -0.2) is 70.0 Å². The molecule has 460 valence electrons. The third kappa shape index (κ3) is 64.1. The molecule has 10 heteroatoms. The van der Waals surface area contributed by atoms with Gasteiger partial charge in [-0.05, 0) is 12.8 Å². The summed E-state index contributed by atoms with van der Waals surface area (Å²) in [6.07, 6.45) is 70.5. The van der Waals surface area contributed by atoms with Crippen LogP contribution in [0.3, 0.4) is 0 Å². The summed E-state index contributed by atoms with van der Waals surface area (Å²) in [5.74, 6) is -0.806. The van der Waals surface area contributed by atoms with Gasteiger partial charge in [0.05, 0.1) is 27.7 Å². The van der Waals surface area contributed by atoms with E-state index in [4.69, 9.17) is 18.5 Å². The quantitative estimate of drug-likeness (QED) is 0.0256. The summed E-state index contributed by atoms with van der Waals surface area (Å²) in [4.78, 5) is 38.0. The van der Waals surface area contributed by atoms with Crippen molar-refractivity contribution >= 4 is 19.8 Å². The van der Waals surface area contributed by atoms with Gasteiger partial charge < -0.3 is 27.9 Å². The van der Waals surface area contributed by atoms with Crippen LogP contribution in [0.25, 0.3) is 0 Å². The molecule has 0 aromatic carbocycles. The number of likely N-dealkylation sites (N-methyl/N-ethyl adjacent to an activating group) is 1. The van der Waals surface area contributed by atoms with Crippen molar-refractivity contribution < 1.29 is 42.1 Å². The molecule has 2 atom stereocenters. The minimum Gasteiger partial charge on any atom is -0.756 e. The van der Waals surface area contributed by atoms with Gasteiger partial charge in [-0.1, -0.05) is 341 Å². The first-order valence-electron chi connectivity index (χ1n) is 34.2. The number of quaternary nitrogens is 1. The first kappa shape index (κ1) is 76.0. The van der Waals surface area contributed by atoms with Crippen molar-refractivity contribution in [2.75, 3.05) is 47.5 Å². The molecule has 0 aliphatic rings. The number of hydrogen-bond acceptors (Lipinski definition) is 8. The maximum absolute atomic E-state index is 12.8. The highest BCUT2D eigenvalue weighted by Gasteiger charge is 2.22. The van der Waals surface area contributed by atoms with E-state index in [0.717, 1.165) is 32.1 Å². The molecule has 0 aliphatic heterocycles. The Morgan fingerprint density at radius 3 is 0.831 bits per heavy atom. The summed E-state index contributed by atoms with van der Waals surface area (Å²) >= 11 is 0. The highest BCUT2D eigenvalue weighted by molar-refractivity contribution is 7.45. The number of nitrogens with zero attached hydrogens (tertiary/aromatic N) is 1. The molecule has 9 nitrogen and oxygen atoms in total. The number of ether oxygens (including phenoxy) is 2. The normalized spacial score (nSPS) is 13.1. The first-order valence-corrected chi connectivity index (χ1v) is 35.7. The van der Waals surface area contributed by atoms with Gasteiger partial charge in [0.25, 0.3) is 7.82 Å². The summed E-state index contributed by atoms with van der Waals surface area (Å²) in [6, 6.07) is 0. The molecule has 2 unspecified atom stereocenters. The fourth-order valence-corrected chi connectivity index (χ4v) is 11.3. The van der Waals surface area contributed by atoms with E-state index in [-0.39, 0.29) is 32.0 Å². The van der Waals surface area contributed by atoms with Crippen LogP contribution in [0, 0.1) is 0 Å². The lowest BCUT2D eigenvalue weighted by atomic mass is 10.0. The van der Waals surface area contributed by atoms with Crippen LogP contribution in [-0.2, 0) is 32.7 Å². The van der Waals surface area contributed by atoms with Crippen LogP contribution < -0.4 is 4.89 Å². The van der Waals surface area contributed by atoms with Gasteiger partial charge in [0.1, 0.15) is 19.8 Å². The summed E-state index contributed by atoms with van der Waals surface area (Å²) in [6.45, 7) is 4.33. The van der Waals surface area contributed by atoms with Crippen LogP contribution in [0.15, 0.2) is 0 Å². The minimum atomic E-state index is -4.63. The second-order valence-electron chi connectivity index (χ2n) is 24.9. The van der Waals surface area contributed by atoms with Crippen LogP contribution in [0.4, 0.5) is 0 Å². The maximum Gasteiger partial charge on any atom is 0.306 e. The van der Waals surface area contributed by atoms with E-state index in [1.165, 1.54) is 302 Å². The smallest absolute Gasteiger partial charge is 0.306 e. The van der Waals surface area contributed by atoms with Gasteiger partial charge >= 0.3 is 11.9 Å². The molecule has 0 rings (SSSR count). The summed E-state index contributed by atoms with van der Waals surface area (Å²) in [7, 11) is 1.19. The summed E-state index contributed by atoms with van der Waals surface area (Å²) in [5.41, 5.74) is 0. The molecule has 0 spiro atoms. The molecule has 0 bridgehead atoms. The Morgan fingerprint density at radius 1 is 0.351 bits per heavy atom. The molecule has 0 aromatic rings. The lowest BCUT2D eigenvalue weighted by Gasteiger charge is -2.28. The Morgan fingerprint density at radius 2 is 0.584 bits per heavy atom. The predicted molar refractivity (Wildman–Crippen MR) is 329 cm³/mol. The van der Waals surface area contributed by atoms with Crippen molar-refractivity contribution in [1.29, 1.82) is 0 Å². The molecular formula is C67H134NO8P. The molecule has 0 saturated heterocycles. The lowest BCUT2D eigenvalue weighted by molar-refractivity contribution is -0.870. The van der Waals surface area contributed by atoms with Crippen molar-refractivity contribution in [2.45, 2.75) is 373 Å². The van der Waals surface area contributed by atoms with Gasteiger partial charge in [-0.25, -0.2) is 0 Å². The van der Waals surface area contributed by atoms with Gasteiger partial charge in [0.15, 0.2) is 6.10 Å². The molecule has 77 heavy (non-hydrogen) atoms. The predicted octanol–water partition coefficient (Wildman–Crippen LogP) is 21.1. The van der Waals surface area contributed by atoms with Crippen molar-refractivity contribution in [3.8, 4) is 0 Å². The Bertz CT molecular complexity index is 1260. The van der Waals surface area contributed by atoms with Gasteiger partial charge in [0, 0.05) is 12.8 Å². The second-order valence-corrected chi connectivity index (χ2v) is 26.3. The van der Waals surface area contributed by atoms with E-state index < -0.39 is 26.5 Å². The molecule has 0 fully saturated rings. The molecule has 0 aliphatic carbocycles. The van der Waals surface area contributed by atoms with Crippen LogP contribution in [0.2, 0.25) is 0 Å². The van der Waals surface area contributed by atoms with Gasteiger partial charge in [-0.2, -0.15) is 0 Å². The number of hydrogen-bond donors (Lipinski definition) is 0. The van der Waals surface area contributed by atoms with Crippen LogP contribution >= 0.6 is 7.82 Å². The maximum atomic E-state index is 12.8. The van der Waals surface area contributed by atoms with Gasteiger partial charge in [-0.15, -0.1) is 0 Å². The Kier molecular flexibility index (Phi) is 58.9. The van der Waals surface area contributed by atoms with E-state index in [1.54, 1.807) is 0 Å². The lowest BCUT2D eigenvalue weighted by Crippen LogP contribution is -2.37. The average Bonchev–Trinajstić information content (AvgIpc) is 3.39. The number of carbonyl (C=O) groups excluding carboxylic acids is 2. The van der Waals surface area contributed by atoms with Crippen LogP contribution in [0.1, 0.15) is 367 Å². The van der Waals surface area contributed by atoms with E-state index in [0.29, 0.717) is 17.4 Å². The molecule has 0 radical (unpaired) electrons. The minimum absolute atomic E-state index is 0.0249. The average molecular weight is 1110 g/mol. The number of phosphoric ester groups is 1. The number of carbonyl (C=O) groups is 2. The number of phosphoric acid groups is 1. The zero-order chi connectivity index (χ0) is 56.3. The van der Waals surface area contributed by atoms with Crippen LogP contribution in [0.5, 0.6) is 0 Å². The first-order chi connectivity index (χ1) is 37.5. The zero-order valence-corrected chi connectivity index (χ0v) is 53.4. The third-order valence-corrected chi connectivity index (χ3v) is 16.8. The standard InChI is InChI=1S/C67H134NO8P/c1-6-8-10-12-14-16-18-20-22-24-26-27-28-29-30-31-32-33-34-35-36-37-38-39-40-41-42-44-46-48-50-52-54-56-58-60-67(70)76-65(64-75-77(71,72)74-62-61-68(3,4)5)63-73-66(69)59-57-55-53-51-49-47-45-43-25-23-21-19-17-15-13-11-9-7-2/h65H,6-64H2,1-5H3. The molecule has 0 aromatic heterocycles. The molecule has 0 amide bonds. The largest absolute Gasteiger partial charge is 0.756 e. The van der Waals surface area contributed by atoms with E-state index in [9.17, 15) is 19.0 Å². The number of rotatable bonds is 65. The Labute approximate surface area is 480 Å².